The van der Waals surface area contributed by atoms with Gasteiger partial charge in [0.15, 0.2) is 0 Å². The molecule has 3 rings (SSSR count). The van der Waals surface area contributed by atoms with E-state index in [2.05, 4.69) is 10.2 Å². The van der Waals surface area contributed by atoms with E-state index in [-0.39, 0.29) is 11.2 Å². The minimum Gasteiger partial charge on any atom is -0.399 e. The standard InChI is InChI=1S/C14H18BClN2O2/c1-8-10-6-9(7-11(16)12(10)18-17-8)15-19-13(2,3)14(4,5)20-15/h6-7H,1-5H3,(H,17,18). The van der Waals surface area contributed by atoms with Crippen molar-refractivity contribution in [2.75, 3.05) is 0 Å². The third kappa shape index (κ3) is 1.96. The quantitative estimate of drug-likeness (QED) is 0.822. The van der Waals surface area contributed by atoms with E-state index in [1.165, 1.54) is 0 Å². The SMILES string of the molecule is Cc1[nH]nc2c(Cl)cc(B3OC(C)(C)C(C)(C)O3)cc12. The lowest BCUT2D eigenvalue weighted by Crippen LogP contribution is -2.41. The average molecular weight is 293 g/mol. The van der Waals surface area contributed by atoms with Crippen LogP contribution in [0.3, 0.4) is 0 Å². The van der Waals surface area contributed by atoms with E-state index in [1.54, 1.807) is 0 Å². The zero-order chi connectivity index (χ0) is 14.7. The summed E-state index contributed by atoms with van der Waals surface area (Å²) in [6.07, 6.45) is 0. The lowest BCUT2D eigenvalue weighted by molar-refractivity contribution is 0.00578. The fourth-order valence-corrected chi connectivity index (χ4v) is 2.60. The number of fused-ring (bicyclic) bond motifs is 1. The Morgan fingerprint density at radius 3 is 2.35 bits per heavy atom. The molecule has 2 aromatic rings. The van der Waals surface area contributed by atoms with Gasteiger partial charge in [0.05, 0.1) is 16.2 Å². The second-order valence-corrected chi connectivity index (χ2v) is 6.74. The van der Waals surface area contributed by atoms with Crippen molar-refractivity contribution in [3.8, 4) is 0 Å². The summed E-state index contributed by atoms with van der Waals surface area (Å²) >= 11 is 6.30. The van der Waals surface area contributed by atoms with Crippen molar-refractivity contribution in [2.24, 2.45) is 0 Å². The number of H-pyrrole nitrogens is 1. The molecule has 0 unspecified atom stereocenters. The average Bonchev–Trinajstić information content (AvgIpc) is 2.79. The first-order valence-corrected chi connectivity index (χ1v) is 7.09. The second kappa shape index (κ2) is 4.23. The first kappa shape index (κ1) is 13.9. The predicted octanol–water partition coefficient (Wildman–Crippen LogP) is 2.82. The zero-order valence-corrected chi connectivity index (χ0v) is 13.1. The van der Waals surface area contributed by atoms with Crippen LogP contribution in [0.4, 0.5) is 0 Å². The first-order valence-electron chi connectivity index (χ1n) is 6.71. The van der Waals surface area contributed by atoms with Crippen LogP contribution in [-0.2, 0) is 9.31 Å². The highest BCUT2D eigenvalue weighted by atomic mass is 35.5. The molecule has 0 amide bonds. The summed E-state index contributed by atoms with van der Waals surface area (Å²) in [5, 5.41) is 8.77. The van der Waals surface area contributed by atoms with Crippen molar-refractivity contribution in [1.82, 2.24) is 10.2 Å². The largest absolute Gasteiger partial charge is 0.494 e. The number of nitrogens with zero attached hydrogens (tertiary/aromatic N) is 1. The van der Waals surface area contributed by atoms with Crippen molar-refractivity contribution in [3.05, 3.63) is 22.8 Å². The molecule has 4 nitrogen and oxygen atoms in total. The summed E-state index contributed by atoms with van der Waals surface area (Å²) in [7, 11) is -0.406. The highest BCUT2D eigenvalue weighted by Gasteiger charge is 2.51. The van der Waals surface area contributed by atoms with Crippen LogP contribution in [0, 0.1) is 6.92 Å². The number of rotatable bonds is 1. The van der Waals surface area contributed by atoms with Crippen LogP contribution < -0.4 is 5.46 Å². The molecular formula is C14H18BClN2O2. The molecule has 1 aliphatic rings. The molecule has 1 aromatic carbocycles. The van der Waals surface area contributed by atoms with Crippen molar-refractivity contribution in [2.45, 2.75) is 45.8 Å². The summed E-state index contributed by atoms with van der Waals surface area (Å²) in [6.45, 7) is 10.1. The van der Waals surface area contributed by atoms with Crippen LogP contribution in [0.5, 0.6) is 0 Å². The minimum absolute atomic E-state index is 0.357. The van der Waals surface area contributed by atoms with Crippen LogP contribution in [0.2, 0.25) is 5.02 Å². The zero-order valence-electron chi connectivity index (χ0n) is 12.4. The Balaban J connectivity index is 2.06. The van der Waals surface area contributed by atoms with Crippen molar-refractivity contribution < 1.29 is 9.31 Å². The van der Waals surface area contributed by atoms with E-state index in [0.717, 1.165) is 22.1 Å². The number of aryl methyl sites for hydroxylation is 1. The van der Waals surface area contributed by atoms with Gasteiger partial charge in [-0.25, -0.2) is 0 Å². The first-order chi connectivity index (χ1) is 9.21. The third-order valence-electron chi connectivity index (χ3n) is 4.35. The number of nitrogens with one attached hydrogen (secondary N) is 1. The molecule has 1 aliphatic heterocycles. The third-order valence-corrected chi connectivity index (χ3v) is 4.64. The fraction of sp³-hybridized carbons (Fsp3) is 0.500. The van der Waals surface area contributed by atoms with Gasteiger partial charge in [0, 0.05) is 11.1 Å². The molecule has 0 saturated carbocycles. The Labute approximate surface area is 123 Å². The number of hydrogen-bond donors (Lipinski definition) is 1. The molecule has 1 fully saturated rings. The lowest BCUT2D eigenvalue weighted by Gasteiger charge is -2.32. The molecule has 0 bridgehead atoms. The van der Waals surface area contributed by atoms with Crippen LogP contribution in [0.15, 0.2) is 12.1 Å². The molecular weight excluding hydrogens is 274 g/mol. The summed E-state index contributed by atoms with van der Waals surface area (Å²) in [5.74, 6) is 0. The van der Waals surface area contributed by atoms with E-state index < -0.39 is 7.12 Å². The maximum Gasteiger partial charge on any atom is 0.494 e. The van der Waals surface area contributed by atoms with E-state index >= 15 is 0 Å². The van der Waals surface area contributed by atoms with Gasteiger partial charge in [-0.05, 0) is 46.1 Å². The highest BCUT2D eigenvalue weighted by Crippen LogP contribution is 2.37. The smallest absolute Gasteiger partial charge is 0.399 e. The van der Waals surface area contributed by atoms with Crippen LogP contribution in [0.1, 0.15) is 33.4 Å². The molecule has 0 spiro atoms. The number of aromatic nitrogens is 2. The van der Waals surface area contributed by atoms with Gasteiger partial charge in [-0.1, -0.05) is 17.7 Å². The van der Waals surface area contributed by atoms with E-state index in [9.17, 15) is 0 Å². The summed E-state index contributed by atoms with van der Waals surface area (Å²) in [4.78, 5) is 0. The van der Waals surface area contributed by atoms with Crippen LogP contribution in [0.25, 0.3) is 10.9 Å². The Kier molecular flexibility index (Phi) is 2.94. The maximum absolute atomic E-state index is 6.30. The molecule has 20 heavy (non-hydrogen) atoms. The van der Waals surface area contributed by atoms with Crippen molar-refractivity contribution >= 4 is 35.1 Å². The Bertz CT molecular complexity index is 665. The lowest BCUT2D eigenvalue weighted by atomic mass is 9.78. The van der Waals surface area contributed by atoms with Gasteiger partial charge >= 0.3 is 7.12 Å². The number of benzene rings is 1. The Hall–Kier alpha value is -1.04. The predicted molar refractivity (Wildman–Crippen MR) is 81.6 cm³/mol. The Morgan fingerprint density at radius 2 is 1.75 bits per heavy atom. The van der Waals surface area contributed by atoms with Gasteiger partial charge in [0.25, 0.3) is 0 Å². The monoisotopic (exact) mass is 292 g/mol. The van der Waals surface area contributed by atoms with Gasteiger partial charge in [-0.3, -0.25) is 5.10 Å². The van der Waals surface area contributed by atoms with E-state index in [1.807, 2.05) is 46.8 Å². The van der Waals surface area contributed by atoms with E-state index in [0.29, 0.717) is 5.02 Å². The van der Waals surface area contributed by atoms with Crippen LogP contribution >= 0.6 is 11.6 Å². The van der Waals surface area contributed by atoms with E-state index in [4.69, 9.17) is 20.9 Å². The van der Waals surface area contributed by atoms with Gasteiger partial charge in [-0.2, -0.15) is 5.10 Å². The Morgan fingerprint density at radius 1 is 1.15 bits per heavy atom. The fourth-order valence-electron chi connectivity index (χ4n) is 2.33. The van der Waals surface area contributed by atoms with Crippen molar-refractivity contribution in [3.63, 3.8) is 0 Å². The molecule has 1 aromatic heterocycles. The normalized spacial score (nSPS) is 20.8. The molecule has 0 radical (unpaired) electrons. The minimum atomic E-state index is -0.406. The molecule has 1 saturated heterocycles. The molecule has 0 atom stereocenters. The van der Waals surface area contributed by atoms with Crippen molar-refractivity contribution in [1.29, 1.82) is 0 Å². The molecule has 106 valence electrons. The number of aromatic amines is 1. The highest BCUT2D eigenvalue weighted by molar-refractivity contribution is 6.63. The van der Waals surface area contributed by atoms with Crippen LogP contribution in [-0.4, -0.2) is 28.5 Å². The van der Waals surface area contributed by atoms with Gasteiger partial charge < -0.3 is 9.31 Å². The molecule has 0 aliphatic carbocycles. The summed E-state index contributed by atoms with van der Waals surface area (Å²) in [5.41, 5.74) is 1.98. The van der Waals surface area contributed by atoms with Gasteiger partial charge in [0.1, 0.15) is 5.52 Å². The molecule has 1 N–H and O–H groups in total. The maximum atomic E-state index is 6.30. The summed E-state index contributed by atoms with van der Waals surface area (Å²) < 4.78 is 12.1. The number of hydrogen-bond acceptors (Lipinski definition) is 3. The second-order valence-electron chi connectivity index (χ2n) is 6.34. The number of halogens is 1. The molecule has 6 heteroatoms. The molecule has 2 heterocycles. The topological polar surface area (TPSA) is 47.1 Å². The van der Waals surface area contributed by atoms with Gasteiger partial charge in [0.2, 0.25) is 0 Å². The van der Waals surface area contributed by atoms with Gasteiger partial charge in [-0.15, -0.1) is 0 Å². The summed E-state index contributed by atoms with van der Waals surface area (Å²) in [6, 6.07) is 3.90.